The summed E-state index contributed by atoms with van der Waals surface area (Å²) in [5, 5.41) is 3.15. The molecule has 0 radical (unpaired) electrons. The van der Waals surface area contributed by atoms with E-state index in [0.29, 0.717) is 17.8 Å². The predicted octanol–water partition coefficient (Wildman–Crippen LogP) is 3.20. The number of carbonyl (C=O) groups excluding carboxylic acids is 1. The van der Waals surface area contributed by atoms with Crippen molar-refractivity contribution in [3.05, 3.63) is 0 Å². The molecule has 0 aromatic rings. The molecule has 0 aliphatic carbocycles. The second-order valence-corrected chi connectivity index (χ2v) is 7.75. The first kappa shape index (κ1) is 23.3. The van der Waals surface area contributed by atoms with Crippen LogP contribution < -0.4 is 11.1 Å². The summed E-state index contributed by atoms with van der Waals surface area (Å²) in [5.41, 5.74) is 5.44. The molecule has 0 atom stereocenters. The fraction of sp³-hybridized carbons (Fsp3) is 0.882. The molecule has 3 N–H and O–H groups in total. The Balaban J connectivity index is 0.00000529. The SMILES string of the molecule is CC(C)CCNC(N)=NCC1CCN(C(=O)OC(C)(C)C)CC1.I. The number of nitrogens with two attached hydrogens (primary N) is 1. The lowest BCUT2D eigenvalue weighted by Gasteiger charge is -2.33. The molecule has 1 saturated heterocycles. The highest BCUT2D eigenvalue weighted by Crippen LogP contribution is 2.19. The molecular formula is C17H35IN4O2. The van der Waals surface area contributed by atoms with Gasteiger partial charge in [0.1, 0.15) is 5.60 Å². The summed E-state index contributed by atoms with van der Waals surface area (Å²) >= 11 is 0. The lowest BCUT2D eigenvalue weighted by molar-refractivity contribution is 0.0187. The molecule has 1 rings (SSSR count). The summed E-state index contributed by atoms with van der Waals surface area (Å²) in [6.07, 6.45) is 2.77. The number of amides is 1. The van der Waals surface area contributed by atoms with Crippen molar-refractivity contribution in [2.45, 2.75) is 59.5 Å². The highest BCUT2D eigenvalue weighted by atomic mass is 127. The third-order valence-corrected chi connectivity index (χ3v) is 3.81. The van der Waals surface area contributed by atoms with E-state index in [1.54, 1.807) is 4.90 Å². The second kappa shape index (κ2) is 11.0. The van der Waals surface area contributed by atoms with Crippen molar-refractivity contribution in [1.82, 2.24) is 10.2 Å². The summed E-state index contributed by atoms with van der Waals surface area (Å²) in [4.78, 5) is 18.2. The molecule has 0 bridgehead atoms. The Kier molecular flexibility index (Phi) is 10.7. The third kappa shape index (κ3) is 10.2. The van der Waals surface area contributed by atoms with Crippen LogP contribution in [-0.4, -0.2) is 48.7 Å². The number of likely N-dealkylation sites (tertiary alicyclic amines) is 1. The minimum Gasteiger partial charge on any atom is -0.444 e. The van der Waals surface area contributed by atoms with Gasteiger partial charge in [0.2, 0.25) is 0 Å². The number of nitrogens with zero attached hydrogens (tertiary/aromatic N) is 2. The van der Waals surface area contributed by atoms with E-state index < -0.39 is 5.60 Å². The summed E-state index contributed by atoms with van der Waals surface area (Å²) < 4.78 is 5.40. The Labute approximate surface area is 164 Å². The number of rotatable bonds is 5. The van der Waals surface area contributed by atoms with Gasteiger partial charge in [0.15, 0.2) is 5.96 Å². The van der Waals surface area contributed by atoms with Crippen LogP contribution >= 0.6 is 24.0 Å². The zero-order chi connectivity index (χ0) is 17.5. The van der Waals surface area contributed by atoms with Crippen LogP contribution in [-0.2, 0) is 4.74 Å². The van der Waals surface area contributed by atoms with Gasteiger partial charge in [-0.15, -0.1) is 24.0 Å². The van der Waals surface area contributed by atoms with Gasteiger partial charge in [-0.3, -0.25) is 4.99 Å². The molecule has 0 saturated carbocycles. The molecule has 0 unspecified atom stereocenters. The second-order valence-electron chi connectivity index (χ2n) is 7.75. The first-order valence-corrected chi connectivity index (χ1v) is 8.69. The van der Waals surface area contributed by atoms with Crippen molar-refractivity contribution < 1.29 is 9.53 Å². The Morgan fingerprint density at radius 3 is 2.42 bits per heavy atom. The van der Waals surface area contributed by atoms with Crippen LogP contribution in [0.2, 0.25) is 0 Å². The maximum Gasteiger partial charge on any atom is 0.410 e. The quantitative estimate of drug-likeness (QED) is 0.380. The first-order chi connectivity index (χ1) is 10.7. The first-order valence-electron chi connectivity index (χ1n) is 8.69. The molecule has 1 amide bonds. The standard InChI is InChI=1S/C17H34N4O2.HI/c1-13(2)6-9-19-15(18)20-12-14-7-10-21(11-8-14)16(22)23-17(3,4)5;/h13-14H,6-12H2,1-5H3,(H3,18,19,20);1H. The number of ether oxygens (including phenoxy) is 1. The molecule has 24 heavy (non-hydrogen) atoms. The fourth-order valence-corrected chi connectivity index (χ4v) is 2.40. The van der Waals surface area contributed by atoms with Gasteiger partial charge in [-0.25, -0.2) is 4.79 Å². The van der Waals surface area contributed by atoms with Crippen molar-refractivity contribution >= 4 is 36.0 Å². The summed E-state index contributed by atoms with van der Waals surface area (Å²) in [7, 11) is 0. The van der Waals surface area contributed by atoms with E-state index in [9.17, 15) is 4.79 Å². The number of piperidine rings is 1. The molecule has 1 aliphatic rings. The number of hydrogen-bond donors (Lipinski definition) is 2. The molecular weight excluding hydrogens is 419 g/mol. The molecule has 142 valence electrons. The largest absolute Gasteiger partial charge is 0.444 e. The molecule has 1 heterocycles. The number of halogens is 1. The van der Waals surface area contributed by atoms with E-state index in [1.165, 1.54) is 0 Å². The zero-order valence-corrected chi connectivity index (χ0v) is 18.1. The third-order valence-electron chi connectivity index (χ3n) is 3.81. The monoisotopic (exact) mass is 454 g/mol. The average molecular weight is 454 g/mol. The van der Waals surface area contributed by atoms with Gasteiger partial charge >= 0.3 is 6.09 Å². The topological polar surface area (TPSA) is 80.0 Å². The lowest BCUT2D eigenvalue weighted by atomic mass is 9.97. The number of aliphatic imine (C=N–C) groups is 1. The van der Waals surface area contributed by atoms with Crippen LogP contribution in [0.5, 0.6) is 0 Å². The fourth-order valence-electron chi connectivity index (χ4n) is 2.40. The van der Waals surface area contributed by atoms with Crippen molar-refractivity contribution in [3.8, 4) is 0 Å². The molecule has 1 fully saturated rings. The Hall–Kier alpha value is -0.730. The van der Waals surface area contributed by atoms with Crippen LogP contribution in [0.15, 0.2) is 4.99 Å². The molecule has 1 aliphatic heterocycles. The number of nitrogens with one attached hydrogen (secondary N) is 1. The van der Waals surface area contributed by atoms with Crippen LogP contribution in [0.3, 0.4) is 0 Å². The van der Waals surface area contributed by atoms with Crippen LogP contribution in [0.1, 0.15) is 53.9 Å². The van der Waals surface area contributed by atoms with Crippen LogP contribution in [0, 0.1) is 11.8 Å². The van der Waals surface area contributed by atoms with Gasteiger partial charge < -0.3 is 20.7 Å². The van der Waals surface area contributed by atoms with Crippen molar-refractivity contribution in [2.75, 3.05) is 26.2 Å². The van der Waals surface area contributed by atoms with Crippen LogP contribution in [0.4, 0.5) is 4.79 Å². The van der Waals surface area contributed by atoms with Crippen molar-refractivity contribution in [3.63, 3.8) is 0 Å². The predicted molar refractivity (Wildman–Crippen MR) is 110 cm³/mol. The Morgan fingerprint density at radius 1 is 1.33 bits per heavy atom. The molecule has 6 nitrogen and oxygen atoms in total. The molecule has 7 heteroatoms. The van der Waals surface area contributed by atoms with Gasteiger partial charge in [-0.1, -0.05) is 13.8 Å². The van der Waals surface area contributed by atoms with E-state index in [-0.39, 0.29) is 30.1 Å². The lowest BCUT2D eigenvalue weighted by Crippen LogP contribution is -2.42. The normalized spacial score (nSPS) is 16.8. The Bertz CT molecular complexity index is 400. The van der Waals surface area contributed by atoms with E-state index in [2.05, 4.69) is 24.2 Å². The number of carbonyl (C=O) groups is 1. The van der Waals surface area contributed by atoms with E-state index in [0.717, 1.165) is 45.4 Å². The summed E-state index contributed by atoms with van der Waals surface area (Å²) in [5.74, 6) is 1.67. The molecule has 0 aromatic carbocycles. The highest BCUT2D eigenvalue weighted by Gasteiger charge is 2.26. The van der Waals surface area contributed by atoms with Gasteiger partial charge in [-0.05, 0) is 51.9 Å². The molecule has 0 aromatic heterocycles. The van der Waals surface area contributed by atoms with Crippen LogP contribution in [0.25, 0.3) is 0 Å². The zero-order valence-electron chi connectivity index (χ0n) is 15.8. The van der Waals surface area contributed by atoms with Gasteiger partial charge in [-0.2, -0.15) is 0 Å². The summed E-state index contributed by atoms with van der Waals surface area (Å²) in [6.45, 7) is 13.1. The smallest absolute Gasteiger partial charge is 0.410 e. The van der Waals surface area contributed by atoms with Gasteiger partial charge in [0.25, 0.3) is 0 Å². The van der Waals surface area contributed by atoms with Crippen molar-refractivity contribution in [2.24, 2.45) is 22.6 Å². The van der Waals surface area contributed by atoms with Gasteiger partial charge in [0.05, 0.1) is 0 Å². The van der Waals surface area contributed by atoms with E-state index >= 15 is 0 Å². The minimum atomic E-state index is -0.436. The maximum atomic E-state index is 12.0. The number of guanidine groups is 1. The van der Waals surface area contributed by atoms with Gasteiger partial charge in [0, 0.05) is 26.2 Å². The number of hydrogen-bond acceptors (Lipinski definition) is 3. The Morgan fingerprint density at radius 2 is 1.92 bits per heavy atom. The molecule has 0 spiro atoms. The van der Waals surface area contributed by atoms with Crippen molar-refractivity contribution in [1.29, 1.82) is 0 Å². The average Bonchev–Trinajstić information content (AvgIpc) is 2.43. The minimum absolute atomic E-state index is 0. The summed E-state index contributed by atoms with van der Waals surface area (Å²) in [6, 6.07) is 0. The van der Waals surface area contributed by atoms with E-state index in [1.807, 2.05) is 20.8 Å². The highest BCUT2D eigenvalue weighted by molar-refractivity contribution is 14.0. The van der Waals surface area contributed by atoms with E-state index in [4.69, 9.17) is 10.5 Å². The maximum absolute atomic E-state index is 12.0.